The third-order valence-electron chi connectivity index (χ3n) is 1.00. The SMILES string of the molecule is C=C(C)CCOP(=O)(O)OP(N)(=O)O. The molecule has 0 saturated carbocycles. The second-order valence-electron chi connectivity index (χ2n) is 2.65. The zero-order valence-electron chi connectivity index (χ0n) is 7.62. The topological polar surface area (TPSA) is 119 Å². The van der Waals surface area contributed by atoms with E-state index in [4.69, 9.17) is 9.79 Å². The maximum atomic E-state index is 10.9. The molecular weight excluding hydrogens is 232 g/mol. The first-order chi connectivity index (χ1) is 6.12. The fraction of sp³-hybridized carbons (Fsp3) is 0.600. The Morgan fingerprint density at radius 3 is 2.36 bits per heavy atom. The van der Waals surface area contributed by atoms with Crippen LogP contribution in [0.5, 0.6) is 0 Å². The van der Waals surface area contributed by atoms with Gasteiger partial charge in [0.2, 0.25) is 0 Å². The highest BCUT2D eigenvalue weighted by Gasteiger charge is 2.30. The van der Waals surface area contributed by atoms with Crippen LogP contribution in [0.25, 0.3) is 0 Å². The fourth-order valence-electron chi connectivity index (χ4n) is 0.507. The Kier molecular flexibility index (Phi) is 5.19. The summed E-state index contributed by atoms with van der Waals surface area (Å²) in [5.41, 5.74) is 5.25. The molecule has 84 valence electrons. The first-order valence-electron chi connectivity index (χ1n) is 3.57. The Morgan fingerprint density at radius 1 is 1.50 bits per heavy atom. The minimum absolute atomic E-state index is 0.136. The minimum Gasteiger partial charge on any atom is -0.312 e. The van der Waals surface area contributed by atoms with Crippen LogP contribution in [-0.2, 0) is 18.0 Å². The third kappa shape index (κ3) is 8.59. The van der Waals surface area contributed by atoms with Gasteiger partial charge in [0, 0.05) is 0 Å². The van der Waals surface area contributed by atoms with E-state index in [0.717, 1.165) is 5.57 Å². The van der Waals surface area contributed by atoms with Crippen molar-refractivity contribution in [2.75, 3.05) is 6.61 Å². The molecule has 4 N–H and O–H groups in total. The van der Waals surface area contributed by atoms with Crippen molar-refractivity contribution in [3.05, 3.63) is 12.2 Å². The van der Waals surface area contributed by atoms with Gasteiger partial charge in [-0.05, 0) is 13.3 Å². The van der Waals surface area contributed by atoms with Crippen LogP contribution in [0.1, 0.15) is 13.3 Å². The zero-order chi connectivity index (χ0) is 11.4. The summed E-state index contributed by atoms with van der Waals surface area (Å²) in [6.45, 7) is 5.09. The number of hydrogen-bond donors (Lipinski definition) is 3. The molecule has 14 heavy (non-hydrogen) atoms. The average Bonchev–Trinajstić information content (AvgIpc) is 1.78. The molecule has 0 rings (SSSR count). The Bertz CT molecular complexity index is 297. The van der Waals surface area contributed by atoms with E-state index >= 15 is 0 Å². The summed E-state index contributed by atoms with van der Waals surface area (Å²) in [6, 6.07) is 0. The fourth-order valence-corrected chi connectivity index (χ4v) is 2.20. The molecule has 0 aliphatic rings. The van der Waals surface area contributed by atoms with Gasteiger partial charge in [-0.2, -0.15) is 4.31 Å². The minimum atomic E-state index is -4.55. The highest BCUT2D eigenvalue weighted by molar-refractivity contribution is 7.62. The van der Waals surface area contributed by atoms with E-state index in [0.29, 0.717) is 6.42 Å². The van der Waals surface area contributed by atoms with Gasteiger partial charge in [0.25, 0.3) is 0 Å². The van der Waals surface area contributed by atoms with Crippen molar-refractivity contribution in [2.24, 2.45) is 5.50 Å². The van der Waals surface area contributed by atoms with Gasteiger partial charge in [-0.1, -0.05) is 5.57 Å². The lowest BCUT2D eigenvalue weighted by atomic mass is 10.3. The Morgan fingerprint density at radius 2 is 2.00 bits per heavy atom. The van der Waals surface area contributed by atoms with Crippen molar-refractivity contribution in [2.45, 2.75) is 13.3 Å². The lowest BCUT2D eigenvalue weighted by Gasteiger charge is -2.12. The third-order valence-corrected chi connectivity index (χ3v) is 3.27. The van der Waals surface area contributed by atoms with Gasteiger partial charge in [0.05, 0.1) is 6.61 Å². The van der Waals surface area contributed by atoms with Crippen LogP contribution in [0, 0.1) is 0 Å². The Labute approximate surface area is 81.7 Å². The molecule has 0 aliphatic carbocycles. The highest BCUT2D eigenvalue weighted by Crippen LogP contribution is 2.55. The molecule has 0 amide bonds. The summed E-state index contributed by atoms with van der Waals surface area (Å²) in [5.74, 6) is 0. The van der Waals surface area contributed by atoms with Crippen LogP contribution in [0.2, 0.25) is 0 Å². The van der Waals surface area contributed by atoms with Gasteiger partial charge >= 0.3 is 15.6 Å². The first kappa shape index (κ1) is 14.0. The van der Waals surface area contributed by atoms with E-state index in [1.54, 1.807) is 6.92 Å². The maximum absolute atomic E-state index is 10.9. The van der Waals surface area contributed by atoms with Crippen molar-refractivity contribution in [3.8, 4) is 0 Å². The first-order valence-corrected chi connectivity index (χ1v) is 6.71. The van der Waals surface area contributed by atoms with E-state index in [9.17, 15) is 9.13 Å². The van der Waals surface area contributed by atoms with Crippen LogP contribution in [0.15, 0.2) is 12.2 Å². The van der Waals surface area contributed by atoms with E-state index in [1.807, 2.05) is 0 Å². The molecular formula is C5H13NO6P2. The summed E-state index contributed by atoms with van der Waals surface area (Å²) in [5, 5.41) is 0. The van der Waals surface area contributed by atoms with Crippen molar-refractivity contribution in [1.29, 1.82) is 0 Å². The van der Waals surface area contributed by atoms with Gasteiger partial charge in [0.15, 0.2) is 0 Å². The molecule has 7 nitrogen and oxygen atoms in total. The predicted octanol–water partition coefficient (Wildman–Crippen LogP) is 1.15. The molecule has 0 aromatic carbocycles. The number of hydrogen-bond acceptors (Lipinski definition) is 4. The summed E-state index contributed by atoms with van der Waals surface area (Å²) < 4.78 is 29.4. The van der Waals surface area contributed by atoms with Crippen LogP contribution in [0.4, 0.5) is 0 Å². The summed E-state index contributed by atoms with van der Waals surface area (Å²) in [6.07, 6.45) is 0.341. The molecule has 2 atom stereocenters. The maximum Gasteiger partial charge on any atom is 0.480 e. The molecule has 0 aromatic rings. The summed E-state index contributed by atoms with van der Waals surface area (Å²) in [4.78, 5) is 17.3. The molecule has 0 bridgehead atoms. The highest BCUT2D eigenvalue weighted by atomic mass is 31.3. The van der Waals surface area contributed by atoms with E-state index in [1.165, 1.54) is 0 Å². The van der Waals surface area contributed by atoms with E-state index in [-0.39, 0.29) is 6.61 Å². The molecule has 0 aromatic heterocycles. The van der Waals surface area contributed by atoms with Crippen LogP contribution in [0.3, 0.4) is 0 Å². The lowest BCUT2D eigenvalue weighted by Crippen LogP contribution is -2.00. The van der Waals surface area contributed by atoms with Crippen molar-refractivity contribution in [1.82, 2.24) is 0 Å². The van der Waals surface area contributed by atoms with Crippen molar-refractivity contribution >= 4 is 15.6 Å². The normalized spacial score (nSPS) is 19.7. The second-order valence-corrected chi connectivity index (χ2v) is 5.63. The number of nitrogens with two attached hydrogens (primary N) is 1. The largest absolute Gasteiger partial charge is 0.480 e. The Balaban J connectivity index is 4.03. The Hall–Kier alpha value is -0.0000000000000000486. The molecule has 0 spiro atoms. The average molecular weight is 245 g/mol. The number of phosphoric acid groups is 1. The molecule has 0 fully saturated rings. The van der Waals surface area contributed by atoms with Gasteiger partial charge in [-0.15, -0.1) is 6.58 Å². The van der Waals surface area contributed by atoms with Crippen LogP contribution >= 0.6 is 15.6 Å². The lowest BCUT2D eigenvalue weighted by molar-refractivity contribution is 0.198. The summed E-state index contributed by atoms with van der Waals surface area (Å²) >= 11 is 0. The van der Waals surface area contributed by atoms with Crippen molar-refractivity contribution in [3.63, 3.8) is 0 Å². The van der Waals surface area contributed by atoms with Gasteiger partial charge < -0.3 is 9.79 Å². The smallest absolute Gasteiger partial charge is 0.312 e. The van der Waals surface area contributed by atoms with Crippen LogP contribution < -0.4 is 5.50 Å². The molecule has 0 aliphatic heterocycles. The van der Waals surface area contributed by atoms with E-state index in [2.05, 4.69) is 20.9 Å². The molecule has 2 unspecified atom stereocenters. The quantitative estimate of drug-likeness (QED) is 0.474. The van der Waals surface area contributed by atoms with Gasteiger partial charge in [-0.25, -0.2) is 14.6 Å². The zero-order valence-corrected chi connectivity index (χ0v) is 9.41. The summed E-state index contributed by atoms with van der Waals surface area (Å²) in [7, 11) is -9.06. The molecule has 0 radical (unpaired) electrons. The van der Waals surface area contributed by atoms with E-state index < -0.39 is 15.6 Å². The molecule has 0 heterocycles. The number of rotatable bonds is 6. The van der Waals surface area contributed by atoms with Crippen molar-refractivity contribution < 1.29 is 27.8 Å². The number of phosphoric ester groups is 1. The van der Waals surface area contributed by atoms with Gasteiger partial charge in [-0.3, -0.25) is 4.52 Å². The monoisotopic (exact) mass is 245 g/mol. The molecule has 9 heteroatoms. The standard InChI is InChI=1S/C5H13NO6P2/c1-5(2)3-4-11-14(9,10)12-13(6,7)8/h1,3-4H2,2H3,(H,9,10)(H3,6,7,8). The van der Waals surface area contributed by atoms with Crippen LogP contribution in [-0.4, -0.2) is 16.4 Å². The van der Waals surface area contributed by atoms with Gasteiger partial charge in [0.1, 0.15) is 0 Å². The molecule has 0 saturated heterocycles. The predicted molar refractivity (Wildman–Crippen MR) is 50.3 cm³/mol. The second kappa shape index (κ2) is 5.19.